The SMILES string of the molecule is ON1c2ccccc2-n2cccc2SCC1c1ccccc1. The van der Waals surface area contributed by atoms with Crippen molar-refractivity contribution in [1.82, 2.24) is 4.57 Å². The molecule has 0 saturated heterocycles. The van der Waals surface area contributed by atoms with E-state index in [9.17, 15) is 5.21 Å². The number of hydroxylamine groups is 1. The summed E-state index contributed by atoms with van der Waals surface area (Å²) in [5.74, 6) is 0.791. The molecule has 0 bridgehead atoms. The van der Waals surface area contributed by atoms with Crippen molar-refractivity contribution in [1.29, 1.82) is 0 Å². The number of anilines is 1. The third-order valence-corrected chi connectivity index (χ3v) is 5.08. The fraction of sp³-hybridized carbons (Fsp3) is 0.111. The number of nitrogens with zero attached hydrogens (tertiary/aromatic N) is 2. The van der Waals surface area contributed by atoms with Gasteiger partial charge in [-0.2, -0.15) is 0 Å². The predicted octanol–water partition coefficient (Wildman–Crippen LogP) is 4.52. The van der Waals surface area contributed by atoms with Gasteiger partial charge in [0, 0.05) is 11.9 Å². The van der Waals surface area contributed by atoms with Gasteiger partial charge < -0.3 is 4.57 Å². The van der Waals surface area contributed by atoms with Crippen molar-refractivity contribution in [2.45, 2.75) is 11.1 Å². The van der Waals surface area contributed by atoms with E-state index in [1.54, 1.807) is 11.8 Å². The van der Waals surface area contributed by atoms with Crippen LogP contribution >= 0.6 is 11.8 Å². The van der Waals surface area contributed by atoms with E-state index in [1.807, 2.05) is 54.7 Å². The van der Waals surface area contributed by atoms with Crippen LogP contribution in [0.25, 0.3) is 5.69 Å². The fourth-order valence-corrected chi connectivity index (χ4v) is 3.99. The molecule has 1 aliphatic heterocycles. The lowest BCUT2D eigenvalue weighted by Gasteiger charge is -2.32. The number of para-hydroxylation sites is 2. The largest absolute Gasteiger partial charge is 0.309 e. The maximum absolute atomic E-state index is 10.8. The molecular formula is C18H16N2OS. The van der Waals surface area contributed by atoms with Gasteiger partial charge in [-0.1, -0.05) is 42.5 Å². The molecule has 4 heteroatoms. The van der Waals surface area contributed by atoms with Crippen LogP contribution in [0, 0.1) is 0 Å². The number of hydrogen-bond acceptors (Lipinski definition) is 3. The summed E-state index contributed by atoms with van der Waals surface area (Å²) in [7, 11) is 0. The summed E-state index contributed by atoms with van der Waals surface area (Å²) < 4.78 is 2.13. The van der Waals surface area contributed by atoms with E-state index in [0.717, 1.165) is 22.7 Å². The summed E-state index contributed by atoms with van der Waals surface area (Å²) in [6.45, 7) is 0. The molecule has 3 nitrogen and oxygen atoms in total. The number of thioether (sulfide) groups is 1. The highest BCUT2D eigenvalue weighted by atomic mass is 32.2. The molecular weight excluding hydrogens is 292 g/mol. The van der Waals surface area contributed by atoms with Crippen LogP contribution in [-0.2, 0) is 0 Å². The molecule has 110 valence electrons. The fourth-order valence-electron chi connectivity index (χ4n) is 2.86. The standard InChI is InChI=1S/C18H16N2OS/c21-20-16-10-5-4-9-15(16)19-12-6-11-18(19)22-13-17(20)14-7-2-1-3-8-14/h1-12,17,21H,13H2. The normalized spacial score (nSPS) is 17.3. The molecule has 0 fully saturated rings. The zero-order chi connectivity index (χ0) is 14.9. The Morgan fingerprint density at radius 2 is 1.59 bits per heavy atom. The Kier molecular flexibility index (Phi) is 3.41. The van der Waals surface area contributed by atoms with Crippen molar-refractivity contribution in [3.8, 4) is 5.69 Å². The molecule has 1 aromatic heterocycles. The van der Waals surface area contributed by atoms with Gasteiger partial charge in [-0.15, -0.1) is 11.8 Å². The van der Waals surface area contributed by atoms with Crippen molar-refractivity contribution >= 4 is 17.4 Å². The summed E-state index contributed by atoms with van der Waals surface area (Å²) in [6.07, 6.45) is 2.04. The Labute approximate surface area is 133 Å². The molecule has 0 aliphatic carbocycles. The van der Waals surface area contributed by atoms with Gasteiger partial charge in [0.1, 0.15) is 0 Å². The molecule has 1 aliphatic rings. The lowest BCUT2D eigenvalue weighted by Crippen LogP contribution is -2.29. The third-order valence-electron chi connectivity index (χ3n) is 3.97. The second-order valence-electron chi connectivity index (χ2n) is 5.29. The Bertz CT molecular complexity index is 785. The van der Waals surface area contributed by atoms with Gasteiger partial charge in [0.15, 0.2) is 0 Å². The number of fused-ring (bicyclic) bond motifs is 3. The van der Waals surface area contributed by atoms with Crippen LogP contribution in [0.2, 0.25) is 0 Å². The second-order valence-corrected chi connectivity index (χ2v) is 6.33. The topological polar surface area (TPSA) is 28.4 Å². The molecule has 3 aromatic rings. The van der Waals surface area contributed by atoms with Crippen molar-refractivity contribution in [2.24, 2.45) is 0 Å². The predicted molar refractivity (Wildman–Crippen MR) is 89.9 cm³/mol. The molecule has 0 spiro atoms. The zero-order valence-corrected chi connectivity index (χ0v) is 12.8. The first-order chi connectivity index (χ1) is 10.8. The first kappa shape index (κ1) is 13.5. The summed E-state index contributed by atoms with van der Waals surface area (Å²) in [4.78, 5) is 0. The average Bonchev–Trinajstić information content (AvgIpc) is 3.02. The average molecular weight is 308 g/mol. The number of aromatic nitrogens is 1. The molecule has 1 atom stereocenters. The minimum Gasteiger partial charge on any atom is -0.309 e. The van der Waals surface area contributed by atoms with Gasteiger partial charge in [0.05, 0.1) is 22.4 Å². The minimum atomic E-state index is -0.0731. The van der Waals surface area contributed by atoms with E-state index >= 15 is 0 Å². The van der Waals surface area contributed by atoms with Gasteiger partial charge in [-0.25, -0.2) is 5.06 Å². The van der Waals surface area contributed by atoms with E-state index in [2.05, 4.69) is 22.8 Å². The molecule has 0 saturated carbocycles. The second kappa shape index (κ2) is 5.55. The number of rotatable bonds is 1. The highest BCUT2D eigenvalue weighted by Gasteiger charge is 2.25. The van der Waals surface area contributed by atoms with E-state index in [1.165, 1.54) is 10.1 Å². The van der Waals surface area contributed by atoms with E-state index < -0.39 is 0 Å². The minimum absolute atomic E-state index is 0.0731. The number of hydrogen-bond donors (Lipinski definition) is 1. The summed E-state index contributed by atoms with van der Waals surface area (Å²) >= 11 is 1.76. The van der Waals surface area contributed by atoms with Crippen LogP contribution in [0.5, 0.6) is 0 Å². The van der Waals surface area contributed by atoms with Crippen LogP contribution < -0.4 is 5.06 Å². The van der Waals surface area contributed by atoms with Crippen LogP contribution in [-0.4, -0.2) is 15.5 Å². The smallest absolute Gasteiger partial charge is 0.0908 e. The van der Waals surface area contributed by atoms with Gasteiger partial charge in [0.2, 0.25) is 0 Å². The van der Waals surface area contributed by atoms with E-state index in [4.69, 9.17) is 0 Å². The first-order valence-corrected chi connectivity index (χ1v) is 8.26. The molecule has 0 amide bonds. The van der Waals surface area contributed by atoms with Gasteiger partial charge >= 0.3 is 0 Å². The molecule has 1 N–H and O–H groups in total. The molecule has 22 heavy (non-hydrogen) atoms. The van der Waals surface area contributed by atoms with E-state index in [0.29, 0.717) is 0 Å². The van der Waals surface area contributed by atoms with Crippen molar-refractivity contribution in [2.75, 3.05) is 10.8 Å². The van der Waals surface area contributed by atoms with Crippen molar-refractivity contribution < 1.29 is 5.21 Å². The monoisotopic (exact) mass is 308 g/mol. The Morgan fingerprint density at radius 3 is 2.41 bits per heavy atom. The molecule has 1 unspecified atom stereocenters. The van der Waals surface area contributed by atoms with Gasteiger partial charge in [-0.3, -0.25) is 5.21 Å². The summed E-state index contributed by atoms with van der Waals surface area (Å²) in [5, 5.41) is 13.4. The third kappa shape index (κ3) is 2.21. The van der Waals surface area contributed by atoms with E-state index in [-0.39, 0.29) is 6.04 Å². The zero-order valence-electron chi connectivity index (χ0n) is 12.0. The first-order valence-electron chi connectivity index (χ1n) is 7.27. The Balaban J connectivity index is 1.86. The maximum Gasteiger partial charge on any atom is 0.0908 e. The lowest BCUT2D eigenvalue weighted by atomic mass is 10.1. The van der Waals surface area contributed by atoms with Gasteiger partial charge in [-0.05, 0) is 29.8 Å². The van der Waals surface area contributed by atoms with Crippen LogP contribution in [0.1, 0.15) is 11.6 Å². The highest BCUT2D eigenvalue weighted by Crippen LogP contribution is 2.38. The van der Waals surface area contributed by atoms with Crippen LogP contribution in [0.3, 0.4) is 0 Å². The lowest BCUT2D eigenvalue weighted by molar-refractivity contribution is 0.224. The van der Waals surface area contributed by atoms with Crippen LogP contribution in [0.15, 0.2) is 78.0 Å². The molecule has 2 aromatic carbocycles. The highest BCUT2D eigenvalue weighted by molar-refractivity contribution is 7.99. The van der Waals surface area contributed by atoms with Gasteiger partial charge in [0.25, 0.3) is 0 Å². The van der Waals surface area contributed by atoms with Crippen LogP contribution in [0.4, 0.5) is 5.69 Å². The molecule has 2 heterocycles. The maximum atomic E-state index is 10.8. The summed E-state index contributed by atoms with van der Waals surface area (Å²) in [6, 6.07) is 22.2. The molecule has 0 radical (unpaired) electrons. The Morgan fingerprint density at radius 1 is 0.864 bits per heavy atom. The van der Waals surface area contributed by atoms with Crippen molar-refractivity contribution in [3.05, 3.63) is 78.5 Å². The Hall–Kier alpha value is -2.17. The molecule has 4 rings (SSSR count). The summed E-state index contributed by atoms with van der Waals surface area (Å²) in [5.41, 5.74) is 2.94. The quantitative estimate of drug-likeness (QED) is 0.716. The van der Waals surface area contributed by atoms with Crippen molar-refractivity contribution in [3.63, 3.8) is 0 Å². The number of benzene rings is 2.